The van der Waals surface area contributed by atoms with E-state index in [2.05, 4.69) is 20.0 Å². The minimum Gasteiger partial charge on any atom is -0.435 e. The number of ether oxygens (including phenoxy) is 1. The second-order valence-electron chi connectivity index (χ2n) is 4.18. The minimum absolute atomic E-state index is 0.0353. The Kier molecular flexibility index (Phi) is 5.65. The fourth-order valence-electron chi connectivity index (χ4n) is 1.52. The molecule has 0 aliphatic heterocycles. The van der Waals surface area contributed by atoms with Crippen molar-refractivity contribution in [2.24, 2.45) is 0 Å². The topological polar surface area (TPSA) is 64.1 Å². The van der Waals surface area contributed by atoms with E-state index in [0.717, 1.165) is 0 Å². The van der Waals surface area contributed by atoms with Crippen LogP contribution in [-0.2, 0) is 4.79 Å². The Morgan fingerprint density at radius 1 is 1.23 bits per heavy atom. The number of hydrogen-bond acceptors (Lipinski definition) is 5. The summed E-state index contributed by atoms with van der Waals surface area (Å²) in [7, 11) is 0. The number of carbonyl (C=O) groups is 1. The van der Waals surface area contributed by atoms with Crippen LogP contribution in [0.2, 0.25) is 0 Å². The molecule has 0 aliphatic rings. The van der Waals surface area contributed by atoms with Gasteiger partial charge in [0.2, 0.25) is 5.91 Å². The lowest BCUT2D eigenvalue weighted by molar-refractivity contribution is -0.115. The molecule has 0 spiro atoms. The van der Waals surface area contributed by atoms with Crippen molar-refractivity contribution in [2.75, 3.05) is 5.32 Å². The summed E-state index contributed by atoms with van der Waals surface area (Å²) in [4.78, 5) is 20.1. The Labute approximate surface area is 130 Å². The minimum atomic E-state index is -2.87. The molecule has 0 fully saturated rings. The molecule has 1 amide bonds. The first kappa shape index (κ1) is 16.2. The van der Waals surface area contributed by atoms with Crippen molar-refractivity contribution in [3.05, 3.63) is 42.7 Å². The van der Waals surface area contributed by atoms with Gasteiger partial charge in [0.25, 0.3) is 0 Å². The van der Waals surface area contributed by atoms with Gasteiger partial charge >= 0.3 is 6.61 Å². The number of thioether (sulfide) groups is 1. The second kappa shape index (κ2) is 7.69. The molecule has 1 heterocycles. The highest BCUT2D eigenvalue weighted by molar-refractivity contribution is 8.00. The van der Waals surface area contributed by atoms with Gasteiger partial charge in [0, 0.05) is 18.1 Å². The van der Waals surface area contributed by atoms with Crippen LogP contribution in [0.5, 0.6) is 5.75 Å². The van der Waals surface area contributed by atoms with E-state index in [1.165, 1.54) is 36.0 Å². The van der Waals surface area contributed by atoms with Crippen LogP contribution in [0, 0.1) is 0 Å². The Balaban J connectivity index is 1.90. The zero-order valence-electron chi connectivity index (χ0n) is 11.6. The molecule has 0 unspecified atom stereocenters. The molecule has 0 radical (unpaired) electrons. The molecule has 2 aromatic rings. The maximum atomic E-state index is 12.0. The summed E-state index contributed by atoms with van der Waals surface area (Å²) in [6, 6.07) is 7.40. The number of aromatic nitrogens is 2. The molecule has 0 saturated carbocycles. The second-order valence-corrected chi connectivity index (χ2v) is 5.49. The third kappa shape index (κ3) is 4.96. The Bertz CT molecular complexity index is 611. The molecule has 5 nitrogen and oxygen atoms in total. The number of hydrogen-bond donors (Lipinski definition) is 1. The maximum Gasteiger partial charge on any atom is 0.387 e. The number of alkyl halides is 2. The van der Waals surface area contributed by atoms with E-state index in [0.29, 0.717) is 10.8 Å². The lowest BCUT2D eigenvalue weighted by atomic mass is 10.3. The van der Waals surface area contributed by atoms with Crippen molar-refractivity contribution in [2.45, 2.75) is 23.9 Å². The first-order valence-electron chi connectivity index (χ1n) is 6.34. The zero-order chi connectivity index (χ0) is 15.9. The highest BCUT2D eigenvalue weighted by Crippen LogP contribution is 2.21. The molecule has 1 N–H and O–H groups in total. The van der Waals surface area contributed by atoms with Gasteiger partial charge in [-0.3, -0.25) is 4.79 Å². The molecule has 0 aliphatic carbocycles. The van der Waals surface area contributed by atoms with Crippen molar-refractivity contribution >= 4 is 23.4 Å². The fourth-order valence-corrected chi connectivity index (χ4v) is 2.25. The molecule has 8 heteroatoms. The number of carbonyl (C=O) groups excluding carboxylic acids is 1. The van der Waals surface area contributed by atoms with Gasteiger partial charge in [0.1, 0.15) is 5.75 Å². The third-order valence-corrected chi connectivity index (χ3v) is 3.53. The van der Waals surface area contributed by atoms with Gasteiger partial charge in [-0.05, 0) is 37.3 Å². The average molecular weight is 325 g/mol. The van der Waals surface area contributed by atoms with Crippen molar-refractivity contribution in [1.82, 2.24) is 9.97 Å². The SMILES string of the molecule is C[C@H](Sc1ncccn1)C(=O)Nc1ccc(OC(F)F)cc1. The van der Waals surface area contributed by atoms with E-state index in [1.54, 1.807) is 25.4 Å². The Morgan fingerprint density at radius 3 is 2.45 bits per heavy atom. The standard InChI is InChI=1S/C14H13F2N3O2S/c1-9(22-14-17-7-2-8-18-14)12(20)19-10-3-5-11(6-4-10)21-13(15)16/h2-9,13H,1H3,(H,19,20)/t9-/m0/s1. The van der Waals surface area contributed by atoms with Gasteiger partial charge in [-0.2, -0.15) is 8.78 Å². The Morgan fingerprint density at radius 2 is 1.86 bits per heavy atom. The highest BCUT2D eigenvalue weighted by atomic mass is 32.2. The summed E-state index contributed by atoms with van der Waals surface area (Å²) in [6.07, 6.45) is 3.20. The summed E-state index contributed by atoms with van der Waals surface area (Å²) in [5, 5.41) is 2.79. The van der Waals surface area contributed by atoms with Crippen LogP contribution in [0.25, 0.3) is 0 Å². The zero-order valence-corrected chi connectivity index (χ0v) is 12.4. The summed E-state index contributed by atoms with van der Waals surface area (Å²) >= 11 is 1.22. The van der Waals surface area contributed by atoms with Crippen LogP contribution in [0.3, 0.4) is 0 Å². The lowest BCUT2D eigenvalue weighted by Crippen LogP contribution is -2.22. The average Bonchev–Trinajstić information content (AvgIpc) is 2.49. The Hall–Kier alpha value is -2.22. The third-order valence-electron chi connectivity index (χ3n) is 2.54. The molecule has 1 atom stereocenters. The maximum absolute atomic E-state index is 12.0. The van der Waals surface area contributed by atoms with Crippen LogP contribution in [0.4, 0.5) is 14.5 Å². The van der Waals surface area contributed by atoms with Crippen molar-refractivity contribution in [1.29, 1.82) is 0 Å². The summed E-state index contributed by atoms with van der Waals surface area (Å²) < 4.78 is 28.3. The number of anilines is 1. The van der Waals surface area contributed by atoms with E-state index in [1.807, 2.05) is 0 Å². The fraction of sp³-hybridized carbons (Fsp3) is 0.214. The smallest absolute Gasteiger partial charge is 0.387 e. The predicted molar refractivity (Wildman–Crippen MR) is 79.1 cm³/mol. The lowest BCUT2D eigenvalue weighted by Gasteiger charge is -2.11. The number of amides is 1. The summed E-state index contributed by atoms with van der Waals surface area (Å²) in [5.74, 6) is -0.201. The normalized spacial score (nSPS) is 12.0. The van der Waals surface area contributed by atoms with Crippen LogP contribution in [0.1, 0.15) is 6.92 Å². The number of nitrogens with one attached hydrogen (secondary N) is 1. The largest absolute Gasteiger partial charge is 0.435 e. The van der Waals surface area contributed by atoms with Crippen molar-refractivity contribution < 1.29 is 18.3 Å². The van der Waals surface area contributed by atoms with E-state index < -0.39 is 11.9 Å². The van der Waals surface area contributed by atoms with Gasteiger partial charge in [-0.25, -0.2) is 9.97 Å². The van der Waals surface area contributed by atoms with Gasteiger partial charge in [-0.1, -0.05) is 11.8 Å². The highest BCUT2D eigenvalue weighted by Gasteiger charge is 2.16. The van der Waals surface area contributed by atoms with E-state index in [4.69, 9.17) is 0 Å². The van der Waals surface area contributed by atoms with Crippen molar-refractivity contribution in [3.63, 3.8) is 0 Å². The summed E-state index contributed by atoms with van der Waals surface area (Å²) in [5.41, 5.74) is 0.494. The number of halogens is 2. The number of rotatable bonds is 6. The molecule has 116 valence electrons. The summed E-state index contributed by atoms with van der Waals surface area (Å²) in [6.45, 7) is -1.15. The van der Waals surface area contributed by atoms with Gasteiger partial charge < -0.3 is 10.1 Å². The molecular weight excluding hydrogens is 312 g/mol. The van der Waals surface area contributed by atoms with Gasteiger partial charge in [0.05, 0.1) is 5.25 Å². The van der Waals surface area contributed by atoms with Gasteiger partial charge in [0.15, 0.2) is 5.16 Å². The molecule has 1 aromatic carbocycles. The molecule has 2 rings (SSSR count). The first-order chi connectivity index (χ1) is 10.5. The number of nitrogens with zero attached hydrogens (tertiary/aromatic N) is 2. The molecular formula is C14H13F2N3O2S. The quantitative estimate of drug-likeness (QED) is 0.653. The van der Waals surface area contributed by atoms with Crippen LogP contribution < -0.4 is 10.1 Å². The molecule has 22 heavy (non-hydrogen) atoms. The van der Waals surface area contributed by atoms with Crippen LogP contribution >= 0.6 is 11.8 Å². The molecule has 0 bridgehead atoms. The van der Waals surface area contributed by atoms with Crippen LogP contribution in [-0.4, -0.2) is 27.7 Å². The predicted octanol–water partition coefficient (Wildman–Crippen LogP) is 3.20. The molecule has 1 aromatic heterocycles. The van der Waals surface area contributed by atoms with Crippen molar-refractivity contribution in [3.8, 4) is 5.75 Å². The van der Waals surface area contributed by atoms with Gasteiger partial charge in [-0.15, -0.1) is 0 Å². The van der Waals surface area contributed by atoms with E-state index in [9.17, 15) is 13.6 Å². The number of benzene rings is 1. The van der Waals surface area contributed by atoms with Crippen LogP contribution in [0.15, 0.2) is 47.9 Å². The first-order valence-corrected chi connectivity index (χ1v) is 7.22. The molecule has 0 saturated heterocycles. The van der Waals surface area contributed by atoms with E-state index in [-0.39, 0.29) is 11.7 Å². The monoisotopic (exact) mass is 325 g/mol. The van der Waals surface area contributed by atoms with E-state index >= 15 is 0 Å².